The molecule has 2 rings (SSSR count). The van der Waals surface area contributed by atoms with Crippen LogP contribution in [0.3, 0.4) is 0 Å². The third-order valence-corrected chi connectivity index (χ3v) is 2.56. The lowest BCUT2D eigenvalue weighted by molar-refractivity contribution is 0.960. The normalized spacial score (nSPS) is 14.4. The van der Waals surface area contributed by atoms with Gasteiger partial charge in [-0.15, -0.1) is 0 Å². The number of amidine groups is 1. The molecule has 4 heteroatoms. The summed E-state index contributed by atoms with van der Waals surface area (Å²) in [6.07, 6.45) is 0. The van der Waals surface area contributed by atoms with E-state index in [1.165, 1.54) is 11.8 Å². The highest BCUT2D eigenvalue weighted by molar-refractivity contribution is 8.03. The highest BCUT2D eigenvalue weighted by Crippen LogP contribution is 2.17. The van der Waals surface area contributed by atoms with Crippen LogP contribution in [-0.2, 0) is 0 Å². The van der Waals surface area contributed by atoms with Crippen molar-refractivity contribution in [2.45, 2.75) is 4.90 Å². The van der Waals surface area contributed by atoms with E-state index in [1.54, 1.807) is 0 Å². The zero-order chi connectivity index (χ0) is 9.80. The van der Waals surface area contributed by atoms with Gasteiger partial charge in [0.25, 0.3) is 0 Å². The van der Waals surface area contributed by atoms with Crippen molar-refractivity contribution < 1.29 is 0 Å². The molecule has 0 saturated carbocycles. The van der Waals surface area contributed by atoms with Crippen LogP contribution in [-0.4, -0.2) is 18.9 Å². The fraction of sp³-hybridized carbons (Fsp3) is 0.200. The molecular formula is C10H9N3S. The van der Waals surface area contributed by atoms with Crippen molar-refractivity contribution in [2.75, 3.05) is 13.1 Å². The van der Waals surface area contributed by atoms with Gasteiger partial charge in [0, 0.05) is 17.0 Å². The molecule has 0 radical (unpaired) electrons. The summed E-state index contributed by atoms with van der Waals surface area (Å²) in [6.45, 7) is 1.77. The first-order valence-corrected chi connectivity index (χ1v) is 5.16. The number of thioether (sulfide) groups is 1. The van der Waals surface area contributed by atoms with E-state index in [1.807, 2.05) is 29.7 Å². The van der Waals surface area contributed by atoms with Gasteiger partial charge in [-0.2, -0.15) is 5.26 Å². The summed E-state index contributed by atoms with van der Waals surface area (Å²) >= 11 is 1.17. The number of rotatable bonds is 2. The minimum Gasteiger partial charge on any atom is -0.368 e. The summed E-state index contributed by atoms with van der Waals surface area (Å²) in [4.78, 5) is 5.28. The van der Waals surface area contributed by atoms with Gasteiger partial charge < -0.3 is 5.32 Å². The molecule has 0 amide bonds. The van der Waals surface area contributed by atoms with E-state index in [0.29, 0.717) is 0 Å². The Kier molecular flexibility index (Phi) is 2.70. The second-order valence-electron chi connectivity index (χ2n) is 2.87. The lowest BCUT2D eigenvalue weighted by Gasteiger charge is -2.01. The highest BCUT2D eigenvalue weighted by atomic mass is 32.2. The Labute approximate surface area is 86.8 Å². The quantitative estimate of drug-likeness (QED) is 0.587. The van der Waals surface area contributed by atoms with Crippen LogP contribution in [0.2, 0.25) is 0 Å². The van der Waals surface area contributed by atoms with Gasteiger partial charge in [-0.1, -0.05) is 12.1 Å². The average molecular weight is 203 g/mol. The predicted octanol–water partition coefficient (Wildman–Crippen LogP) is 1.61. The lowest BCUT2D eigenvalue weighted by atomic mass is 10.2. The number of benzene rings is 1. The first-order valence-electron chi connectivity index (χ1n) is 4.35. The minimum atomic E-state index is 0.851. The van der Waals surface area contributed by atoms with Crippen molar-refractivity contribution >= 4 is 17.6 Å². The lowest BCUT2D eigenvalue weighted by Crippen LogP contribution is -2.19. The molecule has 0 fully saturated rings. The first-order chi connectivity index (χ1) is 6.90. The summed E-state index contributed by atoms with van der Waals surface area (Å²) in [5.74, 6) is 0.957. The molecule has 3 nitrogen and oxygen atoms in total. The molecule has 1 aliphatic heterocycles. The molecule has 0 spiro atoms. The Morgan fingerprint density at radius 2 is 2.14 bits per heavy atom. The summed E-state index contributed by atoms with van der Waals surface area (Å²) in [7, 11) is 0. The van der Waals surface area contributed by atoms with Crippen molar-refractivity contribution in [3.05, 3.63) is 29.8 Å². The molecule has 1 heterocycles. The fourth-order valence-electron chi connectivity index (χ4n) is 1.32. The van der Waals surface area contributed by atoms with Gasteiger partial charge >= 0.3 is 0 Å². The topological polar surface area (TPSA) is 48.2 Å². The van der Waals surface area contributed by atoms with Crippen LogP contribution in [0.4, 0.5) is 0 Å². The molecule has 0 aromatic heterocycles. The maximum Gasteiger partial charge on any atom is 0.138 e. The molecule has 1 aromatic carbocycles. The molecule has 0 atom stereocenters. The maximum absolute atomic E-state index is 8.48. The van der Waals surface area contributed by atoms with Gasteiger partial charge in [-0.25, -0.2) is 0 Å². The molecule has 0 aliphatic carbocycles. The molecule has 0 unspecified atom stereocenters. The summed E-state index contributed by atoms with van der Waals surface area (Å²) in [5, 5.41) is 13.7. The Morgan fingerprint density at radius 1 is 1.36 bits per heavy atom. The number of hydrogen-bond donors (Lipinski definition) is 1. The van der Waals surface area contributed by atoms with Crippen molar-refractivity contribution in [1.29, 1.82) is 5.26 Å². The third kappa shape index (κ3) is 1.88. The SMILES string of the molecule is N#CSc1ccc(C2=NCCN2)cc1. The highest BCUT2D eigenvalue weighted by Gasteiger charge is 2.06. The predicted molar refractivity (Wildman–Crippen MR) is 57.3 cm³/mol. The van der Waals surface area contributed by atoms with Gasteiger partial charge in [0.1, 0.15) is 11.2 Å². The second kappa shape index (κ2) is 4.16. The third-order valence-electron chi connectivity index (χ3n) is 1.97. The van der Waals surface area contributed by atoms with E-state index in [-0.39, 0.29) is 0 Å². The van der Waals surface area contributed by atoms with Gasteiger partial charge in [0.15, 0.2) is 0 Å². The number of aliphatic imine (C=N–C) groups is 1. The Balaban J connectivity index is 2.18. The molecule has 0 bridgehead atoms. The van der Waals surface area contributed by atoms with Crippen molar-refractivity contribution in [2.24, 2.45) is 4.99 Å². The zero-order valence-electron chi connectivity index (χ0n) is 7.53. The standard InChI is InChI=1S/C10H9N3S/c11-7-14-9-3-1-8(2-4-9)10-12-5-6-13-10/h1-4H,5-6H2,(H,12,13). The van der Waals surface area contributed by atoms with Gasteiger partial charge in [0.05, 0.1) is 6.54 Å². The zero-order valence-corrected chi connectivity index (χ0v) is 8.34. The van der Waals surface area contributed by atoms with E-state index in [2.05, 4.69) is 10.3 Å². The van der Waals surface area contributed by atoms with Crippen LogP contribution in [0.25, 0.3) is 0 Å². The van der Waals surface area contributed by atoms with E-state index in [0.717, 1.165) is 29.4 Å². The van der Waals surface area contributed by atoms with Crippen molar-refractivity contribution in [1.82, 2.24) is 5.32 Å². The molecule has 70 valence electrons. The number of nitriles is 1. The van der Waals surface area contributed by atoms with Crippen LogP contribution in [0.1, 0.15) is 5.56 Å². The van der Waals surface area contributed by atoms with Gasteiger partial charge in [0.2, 0.25) is 0 Å². The Morgan fingerprint density at radius 3 is 2.71 bits per heavy atom. The Hall–Kier alpha value is -1.47. The van der Waals surface area contributed by atoms with Gasteiger partial charge in [-0.05, 0) is 23.9 Å². The molecule has 14 heavy (non-hydrogen) atoms. The van der Waals surface area contributed by atoms with Gasteiger partial charge in [-0.3, -0.25) is 4.99 Å². The smallest absolute Gasteiger partial charge is 0.138 e. The molecule has 0 saturated heterocycles. The summed E-state index contributed by atoms with van der Waals surface area (Å²) in [5.41, 5.74) is 1.09. The number of thiocyanates is 1. The molecule has 1 N–H and O–H groups in total. The Bertz CT molecular complexity index is 389. The van der Waals surface area contributed by atoms with Crippen molar-refractivity contribution in [3.63, 3.8) is 0 Å². The van der Waals surface area contributed by atoms with Crippen LogP contribution in [0.15, 0.2) is 34.2 Å². The molecule has 1 aromatic rings. The molecular weight excluding hydrogens is 194 g/mol. The second-order valence-corrected chi connectivity index (χ2v) is 3.73. The van der Waals surface area contributed by atoms with E-state index < -0.39 is 0 Å². The first kappa shape index (κ1) is 9.10. The van der Waals surface area contributed by atoms with E-state index in [9.17, 15) is 0 Å². The summed E-state index contributed by atoms with van der Waals surface area (Å²) in [6, 6.07) is 7.84. The van der Waals surface area contributed by atoms with E-state index >= 15 is 0 Å². The molecule has 1 aliphatic rings. The largest absolute Gasteiger partial charge is 0.368 e. The maximum atomic E-state index is 8.48. The van der Waals surface area contributed by atoms with Crippen LogP contribution in [0, 0.1) is 10.7 Å². The minimum absolute atomic E-state index is 0.851. The van der Waals surface area contributed by atoms with Crippen molar-refractivity contribution in [3.8, 4) is 5.40 Å². The van der Waals surface area contributed by atoms with Crippen LogP contribution >= 0.6 is 11.8 Å². The number of nitrogens with zero attached hydrogens (tertiary/aromatic N) is 2. The number of hydrogen-bond acceptors (Lipinski definition) is 4. The monoisotopic (exact) mass is 203 g/mol. The fourth-order valence-corrected chi connectivity index (χ4v) is 1.70. The number of nitrogens with one attached hydrogen (secondary N) is 1. The van der Waals surface area contributed by atoms with E-state index in [4.69, 9.17) is 5.26 Å². The average Bonchev–Trinajstić information content (AvgIpc) is 2.72. The van der Waals surface area contributed by atoms with Crippen LogP contribution < -0.4 is 5.32 Å². The summed E-state index contributed by atoms with van der Waals surface area (Å²) < 4.78 is 0. The van der Waals surface area contributed by atoms with Crippen LogP contribution in [0.5, 0.6) is 0 Å².